The fourth-order valence-corrected chi connectivity index (χ4v) is 3.82. The fourth-order valence-electron chi connectivity index (χ4n) is 2.86. The van der Waals surface area contributed by atoms with E-state index in [9.17, 15) is 10.1 Å². The quantitative estimate of drug-likeness (QED) is 0.275. The Morgan fingerprint density at radius 3 is 2.38 bits per heavy atom. The Bertz CT molecular complexity index is 1230. The highest BCUT2D eigenvalue weighted by Crippen LogP contribution is 2.36. The highest BCUT2D eigenvalue weighted by molar-refractivity contribution is 6.44. The number of hydrogen-bond donors (Lipinski definition) is 1. The Balaban J connectivity index is 1.79. The number of nitrogens with one attached hydrogen (secondary N) is 1. The summed E-state index contributed by atoms with van der Waals surface area (Å²) >= 11 is 24.8. The van der Waals surface area contributed by atoms with E-state index in [0.29, 0.717) is 23.6 Å². The van der Waals surface area contributed by atoms with Crippen molar-refractivity contribution in [3.63, 3.8) is 0 Å². The predicted molar refractivity (Wildman–Crippen MR) is 131 cm³/mol. The molecule has 0 spiro atoms. The van der Waals surface area contributed by atoms with Gasteiger partial charge in [0.25, 0.3) is 5.91 Å². The number of nitrogens with zero attached hydrogens (tertiary/aromatic N) is 1. The van der Waals surface area contributed by atoms with Crippen LogP contribution in [-0.2, 0) is 11.4 Å². The second kappa shape index (κ2) is 10.8. The van der Waals surface area contributed by atoms with Crippen LogP contribution in [0.4, 0.5) is 5.69 Å². The van der Waals surface area contributed by atoms with Gasteiger partial charge < -0.3 is 10.1 Å². The van der Waals surface area contributed by atoms with Crippen molar-refractivity contribution in [3.05, 3.63) is 97.0 Å². The lowest BCUT2D eigenvalue weighted by atomic mass is 10.1. The van der Waals surface area contributed by atoms with Crippen LogP contribution in [0.25, 0.3) is 6.08 Å². The van der Waals surface area contributed by atoms with Crippen molar-refractivity contribution >= 4 is 64.1 Å². The number of hydrogen-bond acceptors (Lipinski definition) is 3. The third kappa shape index (κ3) is 5.97. The molecule has 3 rings (SSSR count). The van der Waals surface area contributed by atoms with Gasteiger partial charge >= 0.3 is 0 Å². The number of benzene rings is 3. The van der Waals surface area contributed by atoms with Gasteiger partial charge in [0.1, 0.15) is 18.2 Å². The van der Waals surface area contributed by atoms with Gasteiger partial charge in [-0.2, -0.15) is 5.26 Å². The molecule has 0 fully saturated rings. The lowest BCUT2D eigenvalue weighted by molar-refractivity contribution is -0.112. The van der Waals surface area contributed by atoms with Crippen LogP contribution in [0, 0.1) is 18.3 Å². The van der Waals surface area contributed by atoms with Gasteiger partial charge in [-0.05, 0) is 48.4 Å². The first kappa shape index (κ1) is 24.0. The van der Waals surface area contributed by atoms with E-state index in [1.807, 2.05) is 37.3 Å². The number of ether oxygens (including phenoxy) is 1. The average Bonchev–Trinajstić information content (AvgIpc) is 2.74. The number of halogens is 4. The Morgan fingerprint density at radius 2 is 1.72 bits per heavy atom. The van der Waals surface area contributed by atoms with Crippen molar-refractivity contribution < 1.29 is 9.53 Å². The SMILES string of the molecule is Cc1cccc(COc2c(Cl)cc(/C=C(/C#N)C(=O)Nc3cccc(Cl)c3Cl)cc2Cl)c1. The second-order valence-electron chi connectivity index (χ2n) is 6.82. The van der Waals surface area contributed by atoms with Crippen molar-refractivity contribution in [1.82, 2.24) is 0 Å². The molecular weight excluding hydrogens is 490 g/mol. The van der Waals surface area contributed by atoms with Crippen LogP contribution in [0.15, 0.2) is 60.2 Å². The molecule has 0 saturated heterocycles. The third-order valence-corrected chi connectivity index (χ3v) is 5.74. The van der Waals surface area contributed by atoms with Crippen molar-refractivity contribution in [1.29, 1.82) is 5.26 Å². The highest BCUT2D eigenvalue weighted by atomic mass is 35.5. The van der Waals surface area contributed by atoms with Crippen molar-refractivity contribution in [2.45, 2.75) is 13.5 Å². The van der Waals surface area contributed by atoms with E-state index in [4.69, 9.17) is 51.1 Å². The molecule has 0 saturated carbocycles. The van der Waals surface area contributed by atoms with Crippen molar-refractivity contribution in [3.8, 4) is 11.8 Å². The Hall–Kier alpha value is -2.68. The van der Waals surface area contributed by atoms with Crippen LogP contribution in [-0.4, -0.2) is 5.91 Å². The summed E-state index contributed by atoms with van der Waals surface area (Å²) in [5.41, 5.74) is 2.68. The standard InChI is InChI=1S/C24H16Cl4N2O2/c1-14-4-2-5-15(8-14)13-32-23-19(26)10-16(11-20(23)27)9-17(12-29)24(31)30-21-7-3-6-18(25)22(21)28/h2-11H,13H2,1H3,(H,30,31)/b17-9-. The molecule has 32 heavy (non-hydrogen) atoms. The summed E-state index contributed by atoms with van der Waals surface area (Å²) < 4.78 is 5.79. The third-order valence-electron chi connectivity index (χ3n) is 4.36. The zero-order valence-electron chi connectivity index (χ0n) is 16.8. The molecule has 0 heterocycles. The van der Waals surface area contributed by atoms with Crippen LogP contribution in [0.2, 0.25) is 20.1 Å². The predicted octanol–water partition coefficient (Wildman–Crippen LogP) is 7.73. The molecular formula is C24H16Cl4N2O2. The number of aryl methyl sites for hydroxylation is 1. The smallest absolute Gasteiger partial charge is 0.266 e. The van der Waals surface area contributed by atoms with Gasteiger partial charge in [-0.15, -0.1) is 0 Å². The monoisotopic (exact) mass is 504 g/mol. The Morgan fingerprint density at radius 1 is 1.03 bits per heavy atom. The van der Waals surface area contributed by atoms with Crippen LogP contribution >= 0.6 is 46.4 Å². The first-order valence-electron chi connectivity index (χ1n) is 9.33. The summed E-state index contributed by atoms with van der Waals surface area (Å²) in [5.74, 6) is -0.329. The number of anilines is 1. The molecule has 8 heteroatoms. The van der Waals surface area contributed by atoms with E-state index in [-0.39, 0.29) is 25.7 Å². The molecule has 0 aliphatic rings. The summed E-state index contributed by atoms with van der Waals surface area (Å²) in [6.07, 6.45) is 1.37. The Kier molecular flexibility index (Phi) is 8.06. The fraction of sp³-hybridized carbons (Fsp3) is 0.0833. The molecule has 0 aliphatic carbocycles. The largest absolute Gasteiger partial charge is 0.486 e. The van der Waals surface area contributed by atoms with E-state index >= 15 is 0 Å². The molecule has 1 N–H and O–H groups in total. The highest BCUT2D eigenvalue weighted by Gasteiger charge is 2.15. The normalized spacial score (nSPS) is 11.1. The van der Waals surface area contributed by atoms with E-state index in [0.717, 1.165) is 11.1 Å². The molecule has 162 valence electrons. The number of amides is 1. The van der Waals surface area contributed by atoms with Crippen molar-refractivity contribution in [2.24, 2.45) is 0 Å². The maximum atomic E-state index is 12.5. The number of nitriles is 1. The van der Waals surface area contributed by atoms with Crippen LogP contribution in [0.3, 0.4) is 0 Å². The number of carbonyl (C=O) groups excluding carboxylic acids is 1. The molecule has 0 atom stereocenters. The molecule has 1 amide bonds. The molecule has 3 aromatic rings. The summed E-state index contributed by atoms with van der Waals surface area (Å²) in [5, 5.41) is 13.0. The molecule has 4 nitrogen and oxygen atoms in total. The van der Waals surface area contributed by atoms with Crippen molar-refractivity contribution in [2.75, 3.05) is 5.32 Å². The summed E-state index contributed by atoms with van der Waals surface area (Å²) in [7, 11) is 0. The first-order chi connectivity index (χ1) is 15.3. The molecule has 0 unspecified atom stereocenters. The maximum absolute atomic E-state index is 12.5. The van der Waals surface area contributed by atoms with E-state index in [1.54, 1.807) is 30.3 Å². The molecule has 0 aromatic heterocycles. The lowest BCUT2D eigenvalue weighted by Gasteiger charge is -2.12. The minimum atomic E-state index is -0.649. The van der Waals surface area contributed by atoms with Crippen LogP contribution < -0.4 is 10.1 Å². The van der Waals surface area contributed by atoms with Gasteiger partial charge in [-0.1, -0.05) is 82.3 Å². The molecule has 3 aromatic carbocycles. The lowest BCUT2D eigenvalue weighted by Crippen LogP contribution is -2.13. The second-order valence-corrected chi connectivity index (χ2v) is 8.42. The molecule has 0 radical (unpaired) electrons. The zero-order valence-corrected chi connectivity index (χ0v) is 19.8. The number of carbonyl (C=O) groups is 1. The molecule has 0 bridgehead atoms. The van der Waals surface area contributed by atoms with Gasteiger partial charge in [0, 0.05) is 0 Å². The van der Waals surface area contributed by atoms with Crippen LogP contribution in [0.5, 0.6) is 5.75 Å². The van der Waals surface area contributed by atoms with E-state index in [2.05, 4.69) is 5.32 Å². The minimum Gasteiger partial charge on any atom is -0.486 e. The van der Waals surface area contributed by atoms with Gasteiger partial charge in [-0.25, -0.2) is 0 Å². The summed E-state index contributed by atoms with van der Waals surface area (Å²) in [6.45, 7) is 2.29. The maximum Gasteiger partial charge on any atom is 0.266 e. The van der Waals surface area contributed by atoms with Gasteiger partial charge in [-0.3, -0.25) is 4.79 Å². The van der Waals surface area contributed by atoms with Crippen LogP contribution in [0.1, 0.15) is 16.7 Å². The zero-order chi connectivity index (χ0) is 23.3. The average molecular weight is 506 g/mol. The summed E-state index contributed by atoms with van der Waals surface area (Å²) in [6, 6.07) is 17.7. The van der Waals surface area contributed by atoms with Gasteiger partial charge in [0.15, 0.2) is 5.75 Å². The Labute approximate surface area is 205 Å². The number of rotatable bonds is 6. The van der Waals surface area contributed by atoms with Gasteiger partial charge in [0.05, 0.1) is 25.8 Å². The van der Waals surface area contributed by atoms with E-state index in [1.165, 1.54) is 6.08 Å². The minimum absolute atomic E-state index is 0.165. The molecule has 0 aliphatic heterocycles. The first-order valence-corrected chi connectivity index (χ1v) is 10.8. The van der Waals surface area contributed by atoms with E-state index < -0.39 is 5.91 Å². The topological polar surface area (TPSA) is 62.1 Å². The summed E-state index contributed by atoms with van der Waals surface area (Å²) in [4.78, 5) is 12.5. The van der Waals surface area contributed by atoms with Gasteiger partial charge in [0.2, 0.25) is 0 Å².